The monoisotopic (exact) mass is 332 g/mol. The van der Waals surface area contributed by atoms with E-state index in [1.54, 1.807) is 24.3 Å². The average Bonchev–Trinajstić information content (AvgIpc) is 2.49. The quantitative estimate of drug-likeness (QED) is 0.750. The highest BCUT2D eigenvalue weighted by Gasteiger charge is 2.08. The Hall–Kier alpha value is -2.80. The lowest BCUT2D eigenvalue weighted by molar-refractivity contribution is -0.136. The smallest absolute Gasteiger partial charge is 0.307 e. The molecule has 0 saturated carbocycles. The minimum atomic E-state index is -0.909. The second-order valence-electron chi connectivity index (χ2n) is 4.68. The minimum Gasteiger partial charge on any atom is -0.481 e. The molecule has 0 aromatic heterocycles. The molecule has 5 nitrogen and oxygen atoms in total. The van der Waals surface area contributed by atoms with E-state index >= 15 is 0 Å². The molecule has 23 heavy (non-hydrogen) atoms. The van der Waals surface area contributed by atoms with Gasteiger partial charge in [0.1, 0.15) is 5.82 Å². The van der Waals surface area contributed by atoms with Gasteiger partial charge in [0.15, 0.2) is 5.11 Å². The van der Waals surface area contributed by atoms with Gasteiger partial charge in [-0.15, -0.1) is 0 Å². The van der Waals surface area contributed by atoms with Crippen LogP contribution in [0.4, 0.5) is 10.1 Å². The molecule has 0 fully saturated rings. The molecular weight excluding hydrogens is 319 g/mol. The Bertz CT molecular complexity index is 730. The van der Waals surface area contributed by atoms with Crippen LogP contribution in [-0.2, 0) is 11.2 Å². The van der Waals surface area contributed by atoms with Crippen molar-refractivity contribution < 1.29 is 19.1 Å². The Labute approximate surface area is 137 Å². The molecule has 2 aromatic carbocycles. The summed E-state index contributed by atoms with van der Waals surface area (Å²) in [4.78, 5) is 22.5. The zero-order chi connectivity index (χ0) is 16.8. The molecule has 0 spiro atoms. The number of nitrogens with one attached hydrogen (secondary N) is 2. The molecule has 0 bridgehead atoms. The SMILES string of the molecule is O=C(O)Cc1ccc(NC(=S)NC(=O)c2ccc(F)cc2)cc1. The molecule has 0 aliphatic rings. The van der Waals surface area contributed by atoms with E-state index in [1.165, 1.54) is 24.3 Å². The summed E-state index contributed by atoms with van der Waals surface area (Å²) in [7, 11) is 0. The van der Waals surface area contributed by atoms with Crippen LogP contribution in [-0.4, -0.2) is 22.1 Å². The van der Waals surface area contributed by atoms with Gasteiger partial charge in [-0.05, 0) is 54.2 Å². The van der Waals surface area contributed by atoms with Crippen LogP contribution in [0.25, 0.3) is 0 Å². The summed E-state index contributed by atoms with van der Waals surface area (Å²) < 4.78 is 12.8. The highest BCUT2D eigenvalue weighted by molar-refractivity contribution is 7.80. The van der Waals surface area contributed by atoms with Gasteiger partial charge in [-0.1, -0.05) is 12.1 Å². The lowest BCUT2D eigenvalue weighted by Gasteiger charge is -2.10. The van der Waals surface area contributed by atoms with Crippen molar-refractivity contribution in [2.24, 2.45) is 0 Å². The zero-order valence-corrected chi connectivity index (χ0v) is 12.7. The van der Waals surface area contributed by atoms with E-state index in [-0.39, 0.29) is 17.1 Å². The normalized spacial score (nSPS) is 9.96. The summed E-state index contributed by atoms with van der Waals surface area (Å²) in [6.45, 7) is 0. The first-order chi connectivity index (χ1) is 10.9. The van der Waals surface area contributed by atoms with Crippen molar-refractivity contribution in [2.45, 2.75) is 6.42 Å². The van der Waals surface area contributed by atoms with Gasteiger partial charge in [-0.25, -0.2) is 4.39 Å². The number of carboxylic acids is 1. The molecule has 1 amide bonds. The molecule has 0 saturated heterocycles. The third-order valence-electron chi connectivity index (χ3n) is 2.90. The second kappa shape index (κ2) is 7.46. The lowest BCUT2D eigenvalue weighted by atomic mass is 10.1. The number of hydrogen-bond acceptors (Lipinski definition) is 3. The van der Waals surface area contributed by atoms with Crippen LogP contribution < -0.4 is 10.6 Å². The van der Waals surface area contributed by atoms with Gasteiger partial charge in [-0.3, -0.25) is 14.9 Å². The number of carboxylic acid groups (broad SMARTS) is 1. The van der Waals surface area contributed by atoms with Gasteiger partial charge in [0.05, 0.1) is 6.42 Å². The average molecular weight is 332 g/mol. The molecule has 3 N–H and O–H groups in total. The van der Waals surface area contributed by atoms with Crippen molar-refractivity contribution in [3.63, 3.8) is 0 Å². The maximum absolute atomic E-state index is 12.8. The first-order valence-corrected chi connectivity index (χ1v) is 7.03. The Balaban J connectivity index is 1.92. The number of hydrogen-bond donors (Lipinski definition) is 3. The van der Waals surface area contributed by atoms with E-state index in [0.29, 0.717) is 11.3 Å². The maximum Gasteiger partial charge on any atom is 0.307 e. The van der Waals surface area contributed by atoms with Gasteiger partial charge < -0.3 is 10.4 Å². The van der Waals surface area contributed by atoms with Gasteiger partial charge in [0.2, 0.25) is 0 Å². The van der Waals surface area contributed by atoms with Crippen LogP contribution >= 0.6 is 12.2 Å². The number of thiocarbonyl (C=S) groups is 1. The molecule has 0 unspecified atom stereocenters. The van der Waals surface area contributed by atoms with Crippen molar-refractivity contribution in [1.29, 1.82) is 0 Å². The molecule has 0 heterocycles. The molecule has 2 aromatic rings. The number of carbonyl (C=O) groups excluding carboxylic acids is 1. The number of aliphatic carboxylic acids is 1. The zero-order valence-electron chi connectivity index (χ0n) is 11.9. The van der Waals surface area contributed by atoms with Gasteiger partial charge in [0.25, 0.3) is 5.91 Å². The summed E-state index contributed by atoms with van der Waals surface area (Å²) in [5, 5.41) is 14.1. The maximum atomic E-state index is 12.8. The molecule has 118 valence electrons. The van der Waals surface area contributed by atoms with Gasteiger partial charge in [0, 0.05) is 11.3 Å². The molecule has 0 aliphatic heterocycles. The van der Waals surface area contributed by atoms with E-state index in [2.05, 4.69) is 10.6 Å². The fraction of sp³-hybridized carbons (Fsp3) is 0.0625. The number of carbonyl (C=O) groups is 2. The second-order valence-corrected chi connectivity index (χ2v) is 5.09. The van der Waals surface area contributed by atoms with Crippen LogP contribution in [0.5, 0.6) is 0 Å². The first kappa shape index (κ1) is 16.6. The van der Waals surface area contributed by atoms with E-state index in [4.69, 9.17) is 17.3 Å². The number of amides is 1. The van der Waals surface area contributed by atoms with Crippen molar-refractivity contribution in [2.75, 3.05) is 5.32 Å². The molecule has 0 aliphatic carbocycles. The highest BCUT2D eigenvalue weighted by atomic mass is 32.1. The van der Waals surface area contributed by atoms with Gasteiger partial charge >= 0.3 is 5.97 Å². The van der Waals surface area contributed by atoms with E-state index in [9.17, 15) is 14.0 Å². The van der Waals surface area contributed by atoms with E-state index in [0.717, 1.165) is 0 Å². The van der Waals surface area contributed by atoms with Crippen LogP contribution in [0.3, 0.4) is 0 Å². The van der Waals surface area contributed by atoms with Crippen molar-refractivity contribution in [1.82, 2.24) is 5.32 Å². The first-order valence-electron chi connectivity index (χ1n) is 6.62. The van der Waals surface area contributed by atoms with Crippen molar-refractivity contribution in [3.05, 3.63) is 65.5 Å². The number of anilines is 1. The predicted octanol–water partition coefficient (Wildman–Crippen LogP) is 2.58. The van der Waals surface area contributed by atoms with Crippen molar-refractivity contribution in [3.8, 4) is 0 Å². The Morgan fingerprint density at radius 1 is 1.04 bits per heavy atom. The summed E-state index contributed by atoms with van der Waals surface area (Å²) in [5.74, 6) is -1.79. The van der Waals surface area contributed by atoms with Gasteiger partial charge in [-0.2, -0.15) is 0 Å². The topological polar surface area (TPSA) is 78.4 Å². The number of halogens is 1. The molecule has 0 atom stereocenters. The Kier molecular flexibility index (Phi) is 5.37. The van der Waals surface area contributed by atoms with Crippen LogP contribution in [0, 0.1) is 5.82 Å². The summed E-state index contributed by atoms with van der Waals surface area (Å²) in [6, 6.07) is 11.7. The third-order valence-corrected chi connectivity index (χ3v) is 3.10. The van der Waals surface area contributed by atoms with E-state index in [1.807, 2.05) is 0 Å². The number of benzene rings is 2. The number of rotatable bonds is 4. The molecular formula is C16H13FN2O3S. The van der Waals surface area contributed by atoms with Crippen LogP contribution in [0.15, 0.2) is 48.5 Å². The Morgan fingerprint density at radius 3 is 2.22 bits per heavy atom. The minimum absolute atomic E-state index is 0.0635. The summed E-state index contributed by atoms with van der Waals surface area (Å²) in [5.41, 5.74) is 1.56. The fourth-order valence-corrected chi connectivity index (χ4v) is 2.03. The molecule has 7 heteroatoms. The lowest BCUT2D eigenvalue weighted by Crippen LogP contribution is -2.34. The van der Waals surface area contributed by atoms with Crippen LogP contribution in [0.1, 0.15) is 15.9 Å². The molecule has 2 rings (SSSR count). The standard InChI is InChI=1S/C16H13FN2O3S/c17-12-5-3-11(4-6-12)15(22)19-16(23)18-13-7-1-10(2-8-13)9-14(20)21/h1-8H,9H2,(H,20,21)(H2,18,19,22,23). The highest BCUT2D eigenvalue weighted by Crippen LogP contribution is 2.10. The third kappa shape index (κ3) is 5.15. The van der Waals surface area contributed by atoms with E-state index < -0.39 is 17.7 Å². The Morgan fingerprint density at radius 2 is 1.65 bits per heavy atom. The molecule has 0 radical (unpaired) electrons. The van der Waals surface area contributed by atoms with Crippen molar-refractivity contribution >= 4 is 34.9 Å². The largest absolute Gasteiger partial charge is 0.481 e. The fourth-order valence-electron chi connectivity index (χ4n) is 1.82. The summed E-state index contributed by atoms with van der Waals surface area (Å²) in [6.07, 6.45) is -0.0635. The summed E-state index contributed by atoms with van der Waals surface area (Å²) >= 11 is 5.03. The van der Waals surface area contributed by atoms with Crippen LogP contribution in [0.2, 0.25) is 0 Å². The predicted molar refractivity (Wildman–Crippen MR) is 87.9 cm³/mol.